The highest BCUT2D eigenvalue weighted by molar-refractivity contribution is 5.93. The molecule has 1 aliphatic carbocycles. The summed E-state index contributed by atoms with van der Waals surface area (Å²) in [6.45, 7) is 4.90. The van der Waals surface area contributed by atoms with Crippen molar-refractivity contribution in [3.63, 3.8) is 0 Å². The van der Waals surface area contributed by atoms with Crippen molar-refractivity contribution >= 4 is 16.8 Å². The lowest BCUT2D eigenvalue weighted by Gasteiger charge is -2.20. The van der Waals surface area contributed by atoms with E-state index in [1.807, 2.05) is 24.4 Å². The van der Waals surface area contributed by atoms with Gasteiger partial charge >= 0.3 is 0 Å². The fraction of sp³-hybridized carbons (Fsp3) is 0.286. The van der Waals surface area contributed by atoms with Crippen LogP contribution in [0.2, 0.25) is 0 Å². The Kier molecular flexibility index (Phi) is 3.27. The lowest BCUT2D eigenvalue weighted by atomic mass is 9.87. The van der Waals surface area contributed by atoms with E-state index >= 15 is 0 Å². The van der Waals surface area contributed by atoms with Crippen LogP contribution in [-0.4, -0.2) is 10.9 Å². The van der Waals surface area contributed by atoms with Crippen LogP contribution < -0.4 is 5.32 Å². The Morgan fingerprint density at radius 3 is 2.58 bits per heavy atom. The normalized spacial score (nSPS) is 21.6. The summed E-state index contributed by atoms with van der Waals surface area (Å²) in [7, 11) is 0. The number of rotatable bonds is 4. The average Bonchev–Trinajstić information content (AvgIpc) is 2.94. The molecule has 0 aliphatic heterocycles. The SMILES string of the molecule is CC1(C)CC1(C(=O)NCc1ccc2cc[nH]c2c1)c1ccccc1. The second-order valence-electron chi connectivity index (χ2n) is 7.41. The largest absolute Gasteiger partial charge is 0.361 e. The van der Waals surface area contributed by atoms with Crippen molar-refractivity contribution in [2.24, 2.45) is 5.41 Å². The summed E-state index contributed by atoms with van der Waals surface area (Å²) in [6, 6.07) is 18.5. The lowest BCUT2D eigenvalue weighted by molar-refractivity contribution is -0.124. The van der Waals surface area contributed by atoms with Crippen molar-refractivity contribution in [3.8, 4) is 0 Å². The van der Waals surface area contributed by atoms with E-state index in [1.54, 1.807) is 0 Å². The van der Waals surface area contributed by atoms with E-state index in [0.29, 0.717) is 6.54 Å². The number of H-pyrrole nitrogens is 1. The molecule has 122 valence electrons. The van der Waals surface area contributed by atoms with E-state index in [2.05, 4.69) is 60.5 Å². The van der Waals surface area contributed by atoms with E-state index < -0.39 is 5.41 Å². The maximum absolute atomic E-state index is 13.0. The summed E-state index contributed by atoms with van der Waals surface area (Å²) in [5.74, 6) is 0.130. The van der Waals surface area contributed by atoms with E-state index in [-0.39, 0.29) is 11.3 Å². The van der Waals surface area contributed by atoms with Gasteiger partial charge < -0.3 is 10.3 Å². The van der Waals surface area contributed by atoms with Gasteiger partial charge in [-0.25, -0.2) is 0 Å². The number of carbonyl (C=O) groups is 1. The van der Waals surface area contributed by atoms with Crippen LogP contribution in [0.1, 0.15) is 31.4 Å². The van der Waals surface area contributed by atoms with E-state index in [0.717, 1.165) is 23.1 Å². The van der Waals surface area contributed by atoms with Crippen LogP contribution in [0.4, 0.5) is 0 Å². The molecule has 0 radical (unpaired) electrons. The van der Waals surface area contributed by atoms with Gasteiger partial charge in [-0.3, -0.25) is 4.79 Å². The molecule has 0 spiro atoms. The number of benzene rings is 2. The highest BCUT2D eigenvalue weighted by Crippen LogP contribution is 2.64. The van der Waals surface area contributed by atoms with Gasteiger partial charge in [0, 0.05) is 18.3 Å². The third-order valence-corrected chi connectivity index (χ3v) is 5.46. The van der Waals surface area contributed by atoms with Gasteiger partial charge in [0.05, 0.1) is 5.41 Å². The van der Waals surface area contributed by atoms with Crippen LogP contribution in [0.15, 0.2) is 60.8 Å². The molecule has 2 aromatic carbocycles. The van der Waals surface area contributed by atoms with E-state index in [1.165, 1.54) is 5.39 Å². The Morgan fingerprint density at radius 1 is 1.12 bits per heavy atom. The standard InChI is InChI=1S/C21H22N2O/c1-20(2)14-21(20,17-6-4-3-5-7-17)19(24)23-13-15-8-9-16-10-11-22-18(16)12-15/h3-12,22H,13-14H2,1-2H3,(H,23,24). The minimum Gasteiger partial charge on any atom is -0.361 e. The van der Waals surface area contributed by atoms with E-state index in [4.69, 9.17) is 0 Å². The summed E-state index contributed by atoms with van der Waals surface area (Å²) in [4.78, 5) is 16.2. The van der Waals surface area contributed by atoms with Gasteiger partial charge in [-0.2, -0.15) is 0 Å². The monoisotopic (exact) mass is 318 g/mol. The first kappa shape index (κ1) is 15.0. The third kappa shape index (κ3) is 2.23. The van der Waals surface area contributed by atoms with Crippen molar-refractivity contribution in [3.05, 3.63) is 71.9 Å². The molecule has 1 saturated carbocycles. The molecule has 1 unspecified atom stereocenters. The number of nitrogens with one attached hydrogen (secondary N) is 2. The summed E-state index contributed by atoms with van der Waals surface area (Å²) in [5, 5.41) is 4.35. The van der Waals surface area contributed by atoms with Crippen molar-refractivity contribution in [1.82, 2.24) is 10.3 Å². The van der Waals surface area contributed by atoms with Gasteiger partial charge in [-0.05, 0) is 40.5 Å². The first-order chi connectivity index (χ1) is 11.5. The van der Waals surface area contributed by atoms with Crippen LogP contribution in [0.5, 0.6) is 0 Å². The summed E-state index contributed by atoms with van der Waals surface area (Å²) >= 11 is 0. The van der Waals surface area contributed by atoms with Crippen LogP contribution >= 0.6 is 0 Å². The molecular formula is C21H22N2O. The molecule has 1 amide bonds. The second-order valence-corrected chi connectivity index (χ2v) is 7.41. The molecule has 1 fully saturated rings. The topological polar surface area (TPSA) is 44.9 Å². The molecule has 1 aliphatic rings. The smallest absolute Gasteiger partial charge is 0.231 e. The van der Waals surface area contributed by atoms with Gasteiger partial charge in [0.15, 0.2) is 0 Å². The van der Waals surface area contributed by atoms with Crippen LogP contribution in [0.3, 0.4) is 0 Å². The molecule has 2 N–H and O–H groups in total. The van der Waals surface area contributed by atoms with E-state index in [9.17, 15) is 4.79 Å². The van der Waals surface area contributed by atoms with Crippen molar-refractivity contribution in [2.75, 3.05) is 0 Å². The van der Waals surface area contributed by atoms with Gasteiger partial charge in [-0.15, -0.1) is 0 Å². The molecule has 3 nitrogen and oxygen atoms in total. The first-order valence-corrected chi connectivity index (χ1v) is 8.43. The minimum absolute atomic E-state index is 0.00183. The molecule has 1 heterocycles. The van der Waals surface area contributed by atoms with Crippen molar-refractivity contribution in [1.29, 1.82) is 0 Å². The Bertz CT molecular complexity index is 894. The van der Waals surface area contributed by atoms with Crippen molar-refractivity contribution in [2.45, 2.75) is 32.2 Å². The Morgan fingerprint density at radius 2 is 1.88 bits per heavy atom. The highest BCUT2D eigenvalue weighted by atomic mass is 16.2. The molecule has 3 aromatic rings. The zero-order valence-electron chi connectivity index (χ0n) is 14.1. The fourth-order valence-corrected chi connectivity index (χ4v) is 3.89. The van der Waals surface area contributed by atoms with Gasteiger partial charge in [0.1, 0.15) is 0 Å². The molecular weight excluding hydrogens is 296 g/mol. The number of hydrogen-bond acceptors (Lipinski definition) is 1. The minimum atomic E-state index is -0.398. The zero-order chi connectivity index (χ0) is 16.8. The van der Waals surface area contributed by atoms with Crippen LogP contribution in [0, 0.1) is 5.41 Å². The molecule has 0 saturated heterocycles. The zero-order valence-corrected chi connectivity index (χ0v) is 14.1. The number of hydrogen-bond donors (Lipinski definition) is 2. The fourth-order valence-electron chi connectivity index (χ4n) is 3.89. The summed E-state index contributed by atoms with van der Waals surface area (Å²) in [5.41, 5.74) is 2.94. The molecule has 3 heteroatoms. The molecule has 1 atom stereocenters. The first-order valence-electron chi connectivity index (χ1n) is 8.43. The maximum atomic E-state index is 13.0. The Hall–Kier alpha value is -2.55. The van der Waals surface area contributed by atoms with Gasteiger partial charge in [0.25, 0.3) is 0 Å². The predicted octanol–water partition coefficient (Wildman–Crippen LogP) is 4.15. The predicted molar refractivity (Wildman–Crippen MR) is 96.7 cm³/mol. The lowest BCUT2D eigenvalue weighted by Crippen LogP contribution is -2.37. The van der Waals surface area contributed by atoms with Crippen LogP contribution in [0.25, 0.3) is 10.9 Å². The number of carbonyl (C=O) groups excluding carboxylic acids is 1. The van der Waals surface area contributed by atoms with Gasteiger partial charge in [0.2, 0.25) is 5.91 Å². The number of aromatic nitrogens is 1. The Balaban J connectivity index is 1.54. The van der Waals surface area contributed by atoms with Crippen LogP contribution in [-0.2, 0) is 16.8 Å². The second kappa shape index (κ2) is 5.23. The molecule has 24 heavy (non-hydrogen) atoms. The quantitative estimate of drug-likeness (QED) is 0.745. The summed E-state index contributed by atoms with van der Waals surface area (Å²) < 4.78 is 0. The highest BCUT2D eigenvalue weighted by Gasteiger charge is 2.66. The number of amides is 1. The average molecular weight is 318 g/mol. The number of fused-ring (bicyclic) bond motifs is 1. The number of aromatic amines is 1. The Labute approximate surface area is 142 Å². The van der Waals surface area contributed by atoms with Crippen molar-refractivity contribution < 1.29 is 4.79 Å². The summed E-state index contributed by atoms with van der Waals surface area (Å²) in [6.07, 6.45) is 2.83. The third-order valence-electron chi connectivity index (χ3n) is 5.46. The molecule has 0 bridgehead atoms. The van der Waals surface area contributed by atoms with Gasteiger partial charge in [-0.1, -0.05) is 56.3 Å². The molecule has 4 rings (SSSR count). The molecule has 1 aromatic heterocycles. The maximum Gasteiger partial charge on any atom is 0.231 e.